The van der Waals surface area contributed by atoms with E-state index in [2.05, 4.69) is 0 Å². The van der Waals surface area contributed by atoms with Gasteiger partial charge in [-0.05, 0) is 24.3 Å². The van der Waals surface area contributed by atoms with E-state index in [0.717, 1.165) is 16.7 Å². The fourth-order valence-corrected chi connectivity index (χ4v) is 4.24. The molecule has 0 bridgehead atoms. The summed E-state index contributed by atoms with van der Waals surface area (Å²) in [6.45, 7) is 0. The van der Waals surface area contributed by atoms with Gasteiger partial charge in [0.1, 0.15) is 27.6 Å². The number of thioether (sulfide) groups is 1. The van der Waals surface area contributed by atoms with Gasteiger partial charge in [0.05, 0.1) is 35.0 Å². The Kier molecular flexibility index (Phi) is 6.60. The van der Waals surface area contributed by atoms with Gasteiger partial charge in [0.2, 0.25) is 0 Å². The lowest BCUT2D eigenvalue weighted by molar-refractivity contribution is -0.384. The van der Waals surface area contributed by atoms with Gasteiger partial charge in [-0.3, -0.25) is 24.6 Å². The summed E-state index contributed by atoms with van der Waals surface area (Å²) < 4.78 is 10.5. The van der Waals surface area contributed by atoms with Crippen molar-refractivity contribution in [1.82, 2.24) is 4.90 Å². The highest BCUT2D eigenvalue weighted by atomic mass is 32.2. The molecule has 1 aliphatic heterocycles. The number of benzene rings is 1. The van der Waals surface area contributed by atoms with Gasteiger partial charge >= 0.3 is 11.9 Å². The van der Waals surface area contributed by atoms with E-state index in [-0.39, 0.29) is 32.0 Å². The molecule has 2 N–H and O–H groups in total. The van der Waals surface area contributed by atoms with Crippen molar-refractivity contribution in [3.8, 4) is 17.1 Å². The van der Waals surface area contributed by atoms with Crippen molar-refractivity contribution >= 4 is 57.9 Å². The molecule has 2 heterocycles. The maximum atomic E-state index is 12.7. The molecular formula is C19H14N2O9S2. The maximum Gasteiger partial charge on any atom is 0.327 e. The van der Waals surface area contributed by atoms with Gasteiger partial charge in [-0.2, -0.15) is 0 Å². The zero-order valence-electron chi connectivity index (χ0n) is 16.2. The van der Waals surface area contributed by atoms with Crippen molar-refractivity contribution in [2.24, 2.45) is 0 Å². The standard InChI is InChI=1S/C19H14N2O9S2/c1-29-9-2-4-11(12(6-9)21(27)28)14-5-3-10(30-14)7-15-17(24)20(19(31)32-15)13(18(25)26)8-16(22)23/h2-7,13H,8H2,1H3,(H,22,23)(H,25,26)/b15-7+/t13-/m0/s1. The molecule has 1 saturated heterocycles. The van der Waals surface area contributed by atoms with Gasteiger partial charge in [-0.15, -0.1) is 0 Å². The summed E-state index contributed by atoms with van der Waals surface area (Å²) in [6.07, 6.45) is 0.485. The molecule has 1 aromatic heterocycles. The molecule has 166 valence electrons. The first-order chi connectivity index (χ1) is 15.1. The Labute approximate surface area is 189 Å². The van der Waals surface area contributed by atoms with Crippen LogP contribution in [0.4, 0.5) is 5.69 Å². The van der Waals surface area contributed by atoms with E-state index in [0.29, 0.717) is 5.75 Å². The summed E-state index contributed by atoms with van der Waals surface area (Å²) >= 11 is 5.86. The van der Waals surface area contributed by atoms with Crippen molar-refractivity contribution < 1.29 is 38.7 Å². The first-order valence-corrected chi connectivity index (χ1v) is 9.99. The molecule has 1 fully saturated rings. The Morgan fingerprint density at radius 3 is 2.66 bits per heavy atom. The number of methoxy groups -OCH3 is 1. The minimum absolute atomic E-state index is 0.0248. The zero-order valence-corrected chi connectivity index (χ0v) is 17.8. The molecule has 1 aliphatic rings. The van der Waals surface area contributed by atoms with Gasteiger partial charge in [0.15, 0.2) is 0 Å². The number of thiocarbonyl (C=S) groups is 1. The number of nitro groups is 1. The largest absolute Gasteiger partial charge is 0.497 e. The second kappa shape index (κ2) is 9.20. The third-order valence-electron chi connectivity index (χ3n) is 4.36. The summed E-state index contributed by atoms with van der Waals surface area (Å²) in [5, 5.41) is 29.6. The van der Waals surface area contributed by atoms with Crippen LogP contribution in [-0.2, 0) is 14.4 Å². The number of carbonyl (C=O) groups excluding carboxylic acids is 1. The normalized spacial score (nSPS) is 15.8. The molecule has 11 nitrogen and oxygen atoms in total. The number of amides is 1. The molecule has 3 rings (SSSR count). The van der Waals surface area contributed by atoms with Crippen LogP contribution in [0.3, 0.4) is 0 Å². The van der Waals surface area contributed by atoms with Crippen LogP contribution in [0, 0.1) is 10.1 Å². The molecule has 0 aliphatic carbocycles. The number of nitro benzene ring substituents is 1. The Morgan fingerprint density at radius 2 is 2.06 bits per heavy atom. The van der Waals surface area contributed by atoms with Gasteiger partial charge < -0.3 is 19.4 Å². The Bertz CT molecular complexity index is 1170. The number of aliphatic carboxylic acids is 2. The minimum Gasteiger partial charge on any atom is -0.497 e. The fourth-order valence-electron chi connectivity index (χ4n) is 2.91. The maximum absolute atomic E-state index is 12.7. The van der Waals surface area contributed by atoms with Crippen molar-refractivity contribution in [1.29, 1.82) is 0 Å². The van der Waals surface area contributed by atoms with E-state index in [1.54, 1.807) is 0 Å². The van der Waals surface area contributed by atoms with Crippen molar-refractivity contribution in [3.63, 3.8) is 0 Å². The Balaban J connectivity index is 1.91. The van der Waals surface area contributed by atoms with Crippen LogP contribution in [-0.4, -0.2) is 55.4 Å². The number of furan rings is 1. The van der Waals surface area contributed by atoms with Gasteiger partial charge in [-0.1, -0.05) is 24.0 Å². The molecule has 13 heteroatoms. The molecule has 1 amide bonds. The number of nitrogens with zero attached hydrogens (tertiary/aromatic N) is 2. The molecule has 32 heavy (non-hydrogen) atoms. The third kappa shape index (κ3) is 4.63. The third-order valence-corrected chi connectivity index (χ3v) is 5.69. The van der Waals surface area contributed by atoms with E-state index >= 15 is 0 Å². The summed E-state index contributed by atoms with van der Waals surface area (Å²) in [7, 11) is 1.38. The van der Waals surface area contributed by atoms with Crippen LogP contribution in [0.15, 0.2) is 39.7 Å². The zero-order chi connectivity index (χ0) is 23.6. The molecule has 0 unspecified atom stereocenters. The fraction of sp³-hybridized carbons (Fsp3) is 0.158. The first-order valence-electron chi connectivity index (χ1n) is 8.76. The molecular weight excluding hydrogens is 464 g/mol. The second-order valence-electron chi connectivity index (χ2n) is 6.35. The highest BCUT2D eigenvalue weighted by molar-refractivity contribution is 8.26. The highest BCUT2D eigenvalue weighted by Gasteiger charge is 2.41. The summed E-state index contributed by atoms with van der Waals surface area (Å²) in [5.74, 6) is -3.05. The average Bonchev–Trinajstić information content (AvgIpc) is 3.30. The highest BCUT2D eigenvalue weighted by Crippen LogP contribution is 2.37. The van der Waals surface area contributed by atoms with Crippen LogP contribution in [0.5, 0.6) is 5.75 Å². The quantitative estimate of drug-likeness (QED) is 0.248. The summed E-state index contributed by atoms with van der Waals surface area (Å²) in [4.78, 5) is 46.7. The lowest BCUT2D eigenvalue weighted by Gasteiger charge is -2.21. The number of carboxylic acid groups (broad SMARTS) is 2. The number of carboxylic acids is 2. The van der Waals surface area contributed by atoms with E-state index in [1.165, 1.54) is 43.5 Å². The van der Waals surface area contributed by atoms with Gasteiger partial charge in [0, 0.05) is 6.08 Å². The Morgan fingerprint density at radius 1 is 1.34 bits per heavy atom. The van der Waals surface area contributed by atoms with E-state index < -0.39 is 35.2 Å². The lowest BCUT2D eigenvalue weighted by Crippen LogP contribution is -2.45. The molecule has 0 radical (unpaired) electrons. The van der Waals surface area contributed by atoms with E-state index in [9.17, 15) is 29.6 Å². The van der Waals surface area contributed by atoms with E-state index in [4.69, 9.17) is 26.5 Å². The Hall–Kier alpha value is -3.71. The molecule has 2 aromatic rings. The predicted octanol–water partition coefficient (Wildman–Crippen LogP) is 2.99. The lowest BCUT2D eigenvalue weighted by atomic mass is 10.1. The molecule has 0 saturated carbocycles. The van der Waals surface area contributed by atoms with E-state index in [1.807, 2.05) is 0 Å². The van der Waals surface area contributed by atoms with Crippen molar-refractivity contribution in [2.75, 3.05) is 7.11 Å². The van der Waals surface area contributed by atoms with Crippen LogP contribution in [0.2, 0.25) is 0 Å². The summed E-state index contributed by atoms with van der Waals surface area (Å²) in [5.41, 5.74) is -0.0510. The van der Waals surface area contributed by atoms with Crippen LogP contribution in [0.1, 0.15) is 12.2 Å². The average molecular weight is 478 g/mol. The number of hydrogen-bond donors (Lipinski definition) is 2. The van der Waals surface area contributed by atoms with Crippen LogP contribution >= 0.6 is 24.0 Å². The van der Waals surface area contributed by atoms with Crippen LogP contribution < -0.4 is 4.74 Å². The number of rotatable bonds is 8. The first kappa shape index (κ1) is 23.0. The molecule has 0 spiro atoms. The molecule has 1 aromatic carbocycles. The minimum atomic E-state index is -1.65. The number of carbonyl (C=O) groups is 3. The number of hydrogen-bond acceptors (Lipinski definition) is 9. The topological polar surface area (TPSA) is 160 Å². The van der Waals surface area contributed by atoms with Crippen molar-refractivity contribution in [3.05, 3.63) is 51.1 Å². The van der Waals surface area contributed by atoms with Crippen molar-refractivity contribution in [2.45, 2.75) is 12.5 Å². The summed E-state index contributed by atoms with van der Waals surface area (Å²) in [6, 6.07) is 5.54. The van der Waals surface area contributed by atoms with Gasteiger partial charge in [0.25, 0.3) is 11.6 Å². The molecule has 1 atom stereocenters. The van der Waals surface area contributed by atoms with Gasteiger partial charge in [-0.25, -0.2) is 4.79 Å². The second-order valence-corrected chi connectivity index (χ2v) is 8.02. The predicted molar refractivity (Wildman–Crippen MR) is 116 cm³/mol. The number of ether oxygens (including phenoxy) is 1. The van der Waals surface area contributed by atoms with Crippen LogP contribution in [0.25, 0.3) is 17.4 Å². The SMILES string of the molecule is COc1ccc(-c2ccc(/C=C3/SC(=S)N([C@@H](CC(=O)O)C(=O)O)C3=O)o2)c([N+](=O)[O-])c1. The monoisotopic (exact) mass is 478 g/mol. The smallest absolute Gasteiger partial charge is 0.327 e.